The summed E-state index contributed by atoms with van der Waals surface area (Å²) >= 11 is 6.95. The molecule has 1 atom stereocenters. The summed E-state index contributed by atoms with van der Waals surface area (Å²) in [6, 6.07) is 9.84. The van der Waals surface area contributed by atoms with Crippen molar-refractivity contribution >= 4 is 28.5 Å². The van der Waals surface area contributed by atoms with E-state index in [9.17, 15) is 9.90 Å². The molecule has 6 heteroatoms. The van der Waals surface area contributed by atoms with Crippen LogP contribution in [0.1, 0.15) is 55.7 Å². The standard InChI is InChI=1S/C26H28ClNO4/c1-14-8-9-16-19(13-14)28-15(2)21(24(25(29)30)32-26(3,4)5)22(16)18-10-11-20-17(23(18)27)7-6-12-31-20/h8-11,13,24H,6-7,12H2,1-5H3,(H,29,30)/t24-/m0/s1. The van der Waals surface area contributed by atoms with Crippen molar-refractivity contribution in [2.45, 2.75) is 59.2 Å². The number of hydrogen-bond donors (Lipinski definition) is 1. The fraction of sp³-hybridized carbons (Fsp3) is 0.385. The topological polar surface area (TPSA) is 68.7 Å². The Kier molecular flexibility index (Phi) is 5.91. The molecule has 2 heterocycles. The maximum absolute atomic E-state index is 12.4. The van der Waals surface area contributed by atoms with E-state index < -0.39 is 17.7 Å². The Morgan fingerprint density at radius 1 is 1.22 bits per heavy atom. The quantitative estimate of drug-likeness (QED) is 0.492. The molecule has 0 spiro atoms. The largest absolute Gasteiger partial charge is 0.493 e. The van der Waals surface area contributed by atoms with Crippen molar-refractivity contribution in [3.05, 3.63) is 57.7 Å². The van der Waals surface area contributed by atoms with E-state index in [0.717, 1.165) is 51.7 Å². The van der Waals surface area contributed by atoms with Gasteiger partial charge in [0.2, 0.25) is 0 Å². The second kappa shape index (κ2) is 8.38. The Morgan fingerprint density at radius 2 is 1.97 bits per heavy atom. The molecule has 0 radical (unpaired) electrons. The second-order valence-corrected chi connectivity index (χ2v) is 9.69. The number of rotatable bonds is 4. The average Bonchev–Trinajstić information content (AvgIpc) is 2.71. The Morgan fingerprint density at radius 3 is 2.66 bits per heavy atom. The van der Waals surface area contributed by atoms with Gasteiger partial charge in [-0.3, -0.25) is 4.98 Å². The number of aliphatic carboxylic acids is 1. The number of nitrogens with zero attached hydrogens (tertiary/aromatic N) is 1. The predicted molar refractivity (Wildman–Crippen MR) is 127 cm³/mol. The molecule has 2 aromatic carbocycles. The minimum Gasteiger partial charge on any atom is -0.493 e. The second-order valence-electron chi connectivity index (χ2n) is 9.31. The fourth-order valence-electron chi connectivity index (χ4n) is 4.31. The molecule has 0 unspecified atom stereocenters. The van der Waals surface area contributed by atoms with Gasteiger partial charge in [0.15, 0.2) is 6.10 Å². The van der Waals surface area contributed by atoms with Crippen molar-refractivity contribution in [2.75, 3.05) is 6.61 Å². The van der Waals surface area contributed by atoms with Gasteiger partial charge in [0.1, 0.15) is 5.75 Å². The molecule has 0 bridgehead atoms. The summed E-state index contributed by atoms with van der Waals surface area (Å²) in [5, 5.41) is 11.6. The summed E-state index contributed by atoms with van der Waals surface area (Å²) in [7, 11) is 0. The van der Waals surface area contributed by atoms with Crippen LogP contribution < -0.4 is 4.74 Å². The molecule has 4 rings (SSSR count). The van der Waals surface area contributed by atoms with Gasteiger partial charge in [-0.25, -0.2) is 4.79 Å². The average molecular weight is 454 g/mol. The van der Waals surface area contributed by atoms with Gasteiger partial charge < -0.3 is 14.6 Å². The van der Waals surface area contributed by atoms with E-state index in [1.54, 1.807) is 0 Å². The number of carbonyl (C=O) groups is 1. The summed E-state index contributed by atoms with van der Waals surface area (Å²) in [5.74, 6) is -0.270. The minimum atomic E-state index is -1.19. The third kappa shape index (κ3) is 4.19. The minimum absolute atomic E-state index is 0.530. The maximum atomic E-state index is 12.4. The normalized spacial score (nSPS) is 14.7. The number of hydrogen-bond acceptors (Lipinski definition) is 4. The Balaban J connectivity index is 2.08. The zero-order chi connectivity index (χ0) is 23.2. The van der Waals surface area contributed by atoms with Crippen LogP contribution in [0.25, 0.3) is 22.0 Å². The van der Waals surface area contributed by atoms with Crippen molar-refractivity contribution in [3.63, 3.8) is 0 Å². The lowest BCUT2D eigenvalue weighted by Gasteiger charge is -2.29. The molecule has 5 nitrogen and oxygen atoms in total. The molecule has 3 aromatic rings. The van der Waals surface area contributed by atoms with Gasteiger partial charge in [-0.2, -0.15) is 0 Å². The predicted octanol–water partition coefficient (Wildman–Crippen LogP) is 6.44. The molecule has 1 N–H and O–H groups in total. The summed E-state index contributed by atoms with van der Waals surface area (Å²) in [4.78, 5) is 17.2. The fourth-order valence-corrected chi connectivity index (χ4v) is 4.65. The zero-order valence-corrected chi connectivity index (χ0v) is 19.8. The van der Waals surface area contributed by atoms with Gasteiger partial charge in [0.05, 0.1) is 22.7 Å². The monoisotopic (exact) mass is 453 g/mol. The lowest BCUT2D eigenvalue weighted by atomic mass is 9.89. The third-order valence-electron chi connectivity index (χ3n) is 5.63. The van der Waals surface area contributed by atoms with Crippen molar-refractivity contribution in [3.8, 4) is 16.9 Å². The van der Waals surface area contributed by atoms with Crippen LogP contribution in [-0.2, 0) is 16.0 Å². The van der Waals surface area contributed by atoms with Crippen LogP contribution in [-0.4, -0.2) is 28.3 Å². The summed E-state index contributed by atoms with van der Waals surface area (Å²) < 4.78 is 11.8. The Bertz CT molecular complexity index is 1210. The van der Waals surface area contributed by atoms with E-state index in [-0.39, 0.29) is 0 Å². The highest BCUT2D eigenvalue weighted by Gasteiger charge is 2.33. The number of fused-ring (bicyclic) bond motifs is 2. The SMILES string of the molecule is Cc1ccc2c(-c3ccc4c(c3Cl)CCCO4)c([C@H](OC(C)(C)C)C(=O)O)c(C)nc2c1. The highest BCUT2D eigenvalue weighted by Crippen LogP contribution is 2.45. The van der Waals surface area contributed by atoms with Crippen LogP contribution >= 0.6 is 11.6 Å². The number of carboxylic acids is 1. The molecule has 1 aromatic heterocycles. The first kappa shape index (κ1) is 22.6. The maximum Gasteiger partial charge on any atom is 0.337 e. The van der Waals surface area contributed by atoms with Crippen LogP contribution in [0.3, 0.4) is 0 Å². The van der Waals surface area contributed by atoms with Crippen molar-refractivity contribution in [2.24, 2.45) is 0 Å². The van der Waals surface area contributed by atoms with E-state index in [2.05, 4.69) is 0 Å². The first-order chi connectivity index (χ1) is 15.1. The van der Waals surface area contributed by atoms with Crippen LogP contribution in [0.15, 0.2) is 30.3 Å². The van der Waals surface area contributed by atoms with Crippen molar-refractivity contribution in [1.82, 2.24) is 4.98 Å². The van der Waals surface area contributed by atoms with Gasteiger partial charge in [-0.05, 0) is 71.2 Å². The summed E-state index contributed by atoms with van der Waals surface area (Å²) in [5.41, 5.74) is 4.83. The number of ether oxygens (including phenoxy) is 2. The molecule has 0 saturated heterocycles. The Labute approximate surface area is 193 Å². The molecule has 1 aliphatic heterocycles. The third-order valence-corrected chi connectivity index (χ3v) is 6.06. The van der Waals surface area contributed by atoms with Gasteiger partial charge in [0.25, 0.3) is 0 Å². The molecule has 32 heavy (non-hydrogen) atoms. The lowest BCUT2D eigenvalue weighted by Crippen LogP contribution is -2.28. The number of halogens is 1. The number of aryl methyl sites for hydroxylation is 2. The highest BCUT2D eigenvalue weighted by molar-refractivity contribution is 6.35. The van der Waals surface area contributed by atoms with Gasteiger partial charge in [-0.1, -0.05) is 23.7 Å². The zero-order valence-electron chi connectivity index (χ0n) is 19.1. The number of benzene rings is 2. The van der Waals surface area contributed by atoms with Crippen LogP contribution in [0.4, 0.5) is 0 Å². The van der Waals surface area contributed by atoms with Crippen molar-refractivity contribution < 1.29 is 19.4 Å². The first-order valence-electron chi connectivity index (χ1n) is 10.8. The number of pyridine rings is 1. The molecule has 0 fully saturated rings. The molecule has 0 aliphatic carbocycles. The summed E-state index contributed by atoms with van der Waals surface area (Å²) in [6.45, 7) is 10.1. The number of carboxylic acid groups (broad SMARTS) is 1. The molecule has 1 aliphatic rings. The van der Waals surface area contributed by atoms with Gasteiger partial charge in [-0.15, -0.1) is 0 Å². The molecule has 0 saturated carbocycles. The van der Waals surface area contributed by atoms with E-state index >= 15 is 0 Å². The van der Waals surface area contributed by atoms with E-state index in [0.29, 0.717) is 22.9 Å². The number of aromatic nitrogens is 1. The Hall–Kier alpha value is -2.63. The molecular weight excluding hydrogens is 426 g/mol. The lowest BCUT2D eigenvalue weighted by molar-refractivity contribution is -0.160. The van der Waals surface area contributed by atoms with Crippen LogP contribution in [0, 0.1) is 13.8 Å². The van der Waals surface area contributed by atoms with Crippen LogP contribution in [0.2, 0.25) is 5.02 Å². The van der Waals surface area contributed by atoms with Crippen LogP contribution in [0.5, 0.6) is 5.75 Å². The first-order valence-corrected chi connectivity index (χ1v) is 11.2. The highest BCUT2D eigenvalue weighted by atomic mass is 35.5. The van der Waals surface area contributed by atoms with Crippen molar-refractivity contribution in [1.29, 1.82) is 0 Å². The molecule has 0 amide bonds. The van der Waals surface area contributed by atoms with E-state index in [1.165, 1.54) is 0 Å². The molecule has 168 valence electrons. The summed E-state index contributed by atoms with van der Waals surface area (Å²) in [6.07, 6.45) is 0.522. The van der Waals surface area contributed by atoms with Gasteiger partial charge >= 0.3 is 5.97 Å². The van der Waals surface area contributed by atoms with Gasteiger partial charge in [0, 0.05) is 33.3 Å². The van der Waals surface area contributed by atoms with E-state index in [1.807, 2.05) is 65.0 Å². The van der Waals surface area contributed by atoms with E-state index in [4.69, 9.17) is 26.1 Å². The molecular formula is C26H28ClNO4. The smallest absolute Gasteiger partial charge is 0.337 e.